The highest BCUT2D eigenvalue weighted by Gasteiger charge is 2.30. The summed E-state index contributed by atoms with van der Waals surface area (Å²) in [6.45, 7) is 2.13. The second-order valence-electron chi connectivity index (χ2n) is 8.29. The maximum atomic E-state index is 6.52. The largest absolute Gasteiger partial charge is 0.497 e. The fraction of sp³-hybridized carbons (Fsp3) is 0.172. The number of methoxy groups -OCH3 is 1. The molecule has 4 aromatic carbocycles. The van der Waals surface area contributed by atoms with Gasteiger partial charge in [0.15, 0.2) is 0 Å². The van der Waals surface area contributed by atoms with E-state index < -0.39 is 5.60 Å². The lowest BCUT2D eigenvalue weighted by atomic mass is 9.89. The molecule has 1 aliphatic heterocycles. The number of fused-ring (bicyclic) bond motifs is 3. The highest BCUT2D eigenvalue weighted by molar-refractivity contribution is 5.94. The summed E-state index contributed by atoms with van der Waals surface area (Å²) in [7, 11) is 1.70. The first-order chi connectivity index (χ1) is 15.1. The third-order valence-electron chi connectivity index (χ3n) is 6.19. The van der Waals surface area contributed by atoms with Gasteiger partial charge in [-0.25, -0.2) is 0 Å². The zero-order chi connectivity index (χ0) is 21.3. The van der Waals surface area contributed by atoms with Crippen LogP contribution >= 0.6 is 0 Å². The third kappa shape index (κ3) is 3.82. The van der Waals surface area contributed by atoms with Crippen LogP contribution in [0.2, 0.25) is 0 Å². The van der Waals surface area contributed by atoms with Gasteiger partial charge in [-0.05, 0) is 77.6 Å². The van der Waals surface area contributed by atoms with Crippen molar-refractivity contribution < 1.29 is 9.47 Å². The maximum absolute atomic E-state index is 6.52. The molecule has 0 amide bonds. The van der Waals surface area contributed by atoms with Crippen molar-refractivity contribution in [2.75, 3.05) is 7.11 Å². The monoisotopic (exact) mass is 406 g/mol. The van der Waals surface area contributed by atoms with E-state index in [1.54, 1.807) is 7.11 Å². The molecule has 1 aliphatic rings. The smallest absolute Gasteiger partial charge is 0.150 e. The van der Waals surface area contributed by atoms with Gasteiger partial charge in [-0.2, -0.15) is 0 Å². The first kappa shape index (κ1) is 19.4. The molecule has 0 fully saturated rings. The van der Waals surface area contributed by atoms with E-state index >= 15 is 0 Å². The molecule has 0 saturated heterocycles. The predicted molar refractivity (Wildman–Crippen MR) is 128 cm³/mol. The Morgan fingerprint density at radius 1 is 0.806 bits per heavy atom. The van der Waals surface area contributed by atoms with Gasteiger partial charge in [0.25, 0.3) is 0 Å². The van der Waals surface area contributed by atoms with E-state index in [0.29, 0.717) is 0 Å². The summed E-state index contributed by atoms with van der Waals surface area (Å²) in [5.41, 5.74) is 4.52. The molecule has 0 spiro atoms. The van der Waals surface area contributed by atoms with E-state index in [-0.39, 0.29) is 0 Å². The van der Waals surface area contributed by atoms with Crippen LogP contribution in [0.5, 0.6) is 11.5 Å². The Morgan fingerprint density at radius 3 is 2.29 bits per heavy atom. The molecule has 1 unspecified atom stereocenters. The van der Waals surface area contributed by atoms with Crippen LogP contribution in [0.1, 0.15) is 29.2 Å². The molecule has 5 rings (SSSR count). The van der Waals surface area contributed by atoms with Crippen molar-refractivity contribution in [3.05, 3.63) is 113 Å². The average Bonchev–Trinajstić information content (AvgIpc) is 2.83. The Morgan fingerprint density at radius 2 is 1.55 bits per heavy atom. The molecular formula is C29H26O2. The Labute approximate surface area is 183 Å². The van der Waals surface area contributed by atoms with E-state index in [4.69, 9.17) is 9.47 Å². The Hall–Kier alpha value is -3.52. The van der Waals surface area contributed by atoms with Crippen molar-refractivity contribution in [3.8, 4) is 11.5 Å². The normalized spacial score (nSPS) is 17.2. The number of benzene rings is 4. The van der Waals surface area contributed by atoms with Crippen LogP contribution in [0.4, 0.5) is 0 Å². The molecule has 0 aromatic heterocycles. The number of hydrogen-bond acceptors (Lipinski definition) is 2. The van der Waals surface area contributed by atoms with Crippen LogP contribution in [0.15, 0.2) is 91.0 Å². The third-order valence-corrected chi connectivity index (χ3v) is 6.19. The number of ether oxygens (including phenoxy) is 2. The predicted octanol–water partition coefficient (Wildman–Crippen LogP) is 6.95. The van der Waals surface area contributed by atoms with Crippen LogP contribution in [0.3, 0.4) is 0 Å². The lowest BCUT2D eigenvalue weighted by Gasteiger charge is -2.32. The van der Waals surface area contributed by atoms with Crippen molar-refractivity contribution in [1.29, 1.82) is 0 Å². The first-order valence-corrected chi connectivity index (χ1v) is 10.8. The lowest BCUT2D eigenvalue weighted by Crippen LogP contribution is -2.29. The summed E-state index contributed by atoms with van der Waals surface area (Å²) < 4.78 is 11.9. The fourth-order valence-electron chi connectivity index (χ4n) is 4.30. The molecule has 1 atom stereocenters. The van der Waals surface area contributed by atoms with E-state index in [2.05, 4.69) is 97.9 Å². The van der Waals surface area contributed by atoms with E-state index in [9.17, 15) is 0 Å². The molecule has 2 heteroatoms. The molecule has 31 heavy (non-hydrogen) atoms. The minimum atomic E-state index is -0.481. The van der Waals surface area contributed by atoms with Gasteiger partial charge >= 0.3 is 0 Å². The van der Waals surface area contributed by atoms with Crippen LogP contribution in [0.25, 0.3) is 16.8 Å². The zero-order valence-electron chi connectivity index (χ0n) is 18.0. The standard InChI is InChI=1S/C29H26O2/c1-29(24-13-10-22(11-14-24)9-8-21-6-4-3-5-7-21)19-18-27-26-16-15-25(30-2)20-23(26)12-17-28(27)31-29/h3-7,10-20H,8-9H2,1-2H3. The molecule has 0 radical (unpaired) electrons. The summed E-state index contributed by atoms with van der Waals surface area (Å²) in [5.74, 6) is 1.78. The number of hydrogen-bond donors (Lipinski definition) is 0. The van der Waals surface area contributed by atoms with Gasteiger partial charge in [0, 0.05) is 5.56 Å². The van der Waals surface area contributed by atoms with Gasteiger partial charge in [0.1, 0.15) is 17.1 Å². The van der Waals surface area contributed by atoms with Crippen molar-refractivity contribution >= 4 is 16.8 Å². The van der Waals surface area contributed by atoms with Crippen LogP contribution in [0, 0.1) is 0 Å². The fourth-order valence-corrected chi connectivity index (χ4v) is 4.30. The summed E-state index contributed by atoms with van der Waals surface area (Å²) in [4.78, 5) is 0. The Balaban J connectivity index is 1.37. The molecule has 0 bridgehead atoms. The van der Waals surface area contributed by atoms with Gasteiger partial charge in [0.2, 0.25) is 0 Å². The molecule has 0 aliphatic carbocycles. The summed E-state index contributed by atoms with van der Waals surface area (Å²) in [6, 6.07) is 29.8. The molecule has 0 saturated carbocycles. The number of aryl methyl sites for hydroxylation is 2. The van der Waals surface area contributed by atoms with Crippen molar-refractivity contribution in [1.82, 2.24) is 0 Å². The molecule has 1 heterocycles. The highest BCUT2D eigenvalue weighted by Crippen LogP contribution is 2.40. The first-order valence-electron chi connectivity index (χ1n) is 10.8. The van der Waals surface area contributed by atoms with Gasteiger partial charge in [0.05, 0.1) is 7.11 Å². The van der Waals surface area contributed by atoms with Gasteiger partial charge in [-0.3, -0.25) is 0 Å². The average molecular weight is 407 g/mol. The van der Waals surface area contributed by atoms with Crippen molar-refractivity contribution in [2.24, 2.45) is 0 Å². The molecule has 4 aromatic rings. The van der Waals surface area contributed by atoms with Crippen LogP contribution in [-0.4, -0.2) is 7.11 Å². The minimum Gasteiger partial charge on any atom is -0.497 e. The van der Waals surface area contributed by atoms with Gasteiger partial charge in [-0.15, -0.1) is 0 Å². The molecular weight excluding hydrogens is 380 g/mol. The molecule has 0 N–H and O–H groups in total. The SMILES string of the molecule is COc1ccc2c3c(ccc2c1)OC(C)(c1ccc(CCc2ccccc2)cc1)C=C3. The number of rotatable bonds is 5. The van der Waals surface area contributed by atoms with E-state index in [1.165, 1.54) is 16.5 Å². The lowest BCUT2D eigenvalue weighted by molar-refractivity contribution is 0.138. The van der Waals surface area contributed by atoms with E-state index in [1.807, 2.05) is 6.07 Å². The second-order valence-corrected chi connectivity index (χ2v) is 8.29. The van der Waals surface area contributed by atoms with Gasteiger partial charge < -0.3 is 9.47 Å². The van der Waals surface area contributed by atoms with Crippen LogP contribution < -0.4 is 9.47 Å². The Kier molecular flexibility index (Phi) is 4.99. The highest BCUT2D eigenvalue weighted by atomic mass is 16.5. The zero-order valence-corrected chi connectivity index (χ0v) is 18.0. The van der Waals surface area contributed by atoms with Crippen molar-refractivity contribution in [3.63, 3.8) is 0 Å². The van der Waals surface area contributed by atoms with Gasteiger partial charge in [-0.1, -0.05) is 66.7 Å². The minimum absolute atomic E-state index is 0.481. The molecule has 2 nitrogen and oxygen atoms in total. The van der Waals surface area contributed by atoms with Crippen molar-refractivity contribution in [2.45, 2.75) is 25.4 Å². The maximum Gasteiger partial charge on any atom is 0.150 e. The van der Waals surface area contributed by atoms with E-state index in [0.717, 1.165) is 40.9 Å². The quantitative estimate of drug-likeness (QED) is 0.357. The summed E-state index contributed by atoms with van der Waals surface area (Å²) in [6.07, 6.45) is 6.45. The summed E-state index contributed by atoms with van der Waals surface area (Å²) in [5, 5.41) is 2.32. The topological polar surface area (TPSA) is 18.5 Å². The van der Waals surface area contributed by atoms with Crippen LogP contribution in [-0.2, 0) is 18.4 Å². The Bertz CT molecular complexity index is 1240. The second kappa shape index (κ2) is 7.96. The molecule has 154 valence electrons. The summed E-state index contributed by atoms with van der Waals surface area (Å²) >= 11 is 0.